The summed E-state index contributed by atoms with van der Waals surface area (Å²) in [5.74, 6) is 0.156. The Morgan fingerprint density at radius 2 is 1.91 bits per heavy atom. The van der Waals surface area contributed by atoms with Crippen LogP contribution in [0.5, 0.6) is 11.5 Å². The third kappa shape index (κ3) is 3.42. The van der Waals surface area contributed by atoms with Crippen LogP contribution in [0.1, 0.15) is 29.0 Å². The molecule has 8 heteroatoms. The van der Waals surface area contributed by atoms with Crippen LogP contribution in [0.15, 0.2) is 71.5 Å². The predicted molar refractivity (Wildman–Crippen MR) is 127 cm³/mol. The first-order valence-corrected chi connectivity index (χ1v) is 11.9. The maximum absolute atomic E-state index is 13.0. The third-order valence-electron chi connectivity index (χ3n) is 7.08. The van der Waals surface area contributed by atoms with Crippen LogP contribution in [0.4, 0.5) is 8.78 Å². The third-order valence-corrected chi connectivity index (χ3v) is 7.61. The van der Waals surface area contributed by atoms with Crippen LogP contribution < -0.4 is 14.8 Å². The molecule has 5 nitrogen and oxygen atoms in total. The van der Waals surface area contributed by atoms with Gasteiger partial charge in [-0.1, -0.05) is 58.4 Å². The number of ether oxygens (including phenoxy) is 2. The van der Waals surface area contributed by atoms with Crippen molar-refractivity contribution in [1.82, 2.24) is 10.3 Å². The Hall–Kier alpha value is -2.55. The number of halogens is 3. The predicted octanol–water partition coefficient (Wildman–Crippen LogP) is 4.99. The average molecular weight is 531 g/mol. The number of pyridine rings is 1. The monoisotopic (exact) mass is 530 g/mol. The van der Waals surface area contributed by atoms with Gasteiger partial charge in [0.05, 0.1) is 31.6 Å². The maximum Gasteiger partial charge on any atom is 0.250 e. The molecule has 1 saturated carbocycles. The summed E-state index contributed by atoms with van der Waals surface area (Å²) in [5.41, 5.74) is -0.456. The Balaban J connectivity index is 1.74. The summed E-state index contributed by atoms with van der Waals surface area (Å²) in [6.45, 7) is -0.258. The molecule has 3 aromatic rings. The van der Waals surface area contributed by atoms with Gasteiger partial charge in [-0.05, 0) is 29.7 Å². The summed E-state index contributed by atoms with van der Waals surface area (Å²) in [4.78, 5) is 4.25. The minimum Gasteiger partial charge on any atom is -0.495 e. The van der Waals surface area contributed by atoms with Crippen molar-refractivity contribution in [3.63, 3.8) is 0 Å². The topological polar surface area (TPSA) is 63.6 Å². The Bertz CT molecular complexity index is 1160. The van der Waals surface area contributed by atoms with E-state index in [1.54, 1.807) is 12.4 Å². The quantitative estimate of drug-likeness (QED) is 0.450. The zero-order valence-electron chi connectivity index (χ0n) is 18.5. The van der Waals surface area contributed by atoms with E-state index in [0.717, 1.165) is 15.6 Å². The Morgan fingerprint density at radius 3 is 2.59 bits per heavy atom. The van der Waals surface area contributed by atoms with E-state index in [0.29, 0.717) is 23.5 Å². The molecule has 4 atom stereocenters. The molecule has 2 aliphatic rings. The molecule has 0 radical (unpaired) electrons. The smallest absolute Gasteiger partial charge is 0.250 e. The maximum atomic E-state index is 13.0. The molecule has 1 aliphatic heterocycles. The molecule has 0 saturated heterocycles. The van der Waals surface area contributed by atoms with Gasteiger partial charge < -0.3 is 19.9 Å². The number of fused-ring (bicyclic) bond motifs is 3. The molecule has 0 spiro atoms. The highest BCUT2D eigenvalue weighted by molar-refractivity contribution is 9.10. The number of alkyl halides is 2. The molecule has 4 unspecified atom stereocenters. The second-order valence-corrected chi connectivity index (χ2v) is 9.69. The first-order valence-electron chi connectivity index (χ1n) is 11.2. The van der Waals surface area contributed by atoms with Gasteiger partial charge in [0, 0.05) is 22.9 Å². The summed E-state index contributed by atoms with van der Waals surface area (Å²) >= 11 is 3.49. The zero-order valence-corrected chi connectivity index (χ0v) is 20.1. The first-order chi connectivity index (χ1) is 16.4. The van der Waals surface area contributed by atoms with E-state index in [2.05, 4.69) is 26.2 Å². The lowest BCUT2D eigenvalue weighted by Gasteiger charge is -2.42. The Morgan fingerprint density at radius 1 is 1.18 bits per heavy atom. The van der Waals surface area contributed by atoms with Crippen molar-refractivity contribution < 1.29 is 23.4 Å². The highest BCUT2D eigenvalue weighted by Gasteiger charge is 2.73. The lowest BCUT2D eigenvalue weighted by Crippen LogP contribution is -2.52. The van der Waals surface area contributed by atoms with E-state index in [9.17, 15) is 13.9 Å². The van der Waals surface area contributed by atoms with Crippen molar-refractivity contribution in [1.29, 1.82) is 0 Å². The SMILES string of the molecule is COc1cncc2c1C1(O)C(CNCC(F)F)CC(c3ccccc3)C1(c1ccc(Br)cc1)O2. The number of nitrogens with one attached hydrogen (secondary N) is 1. The fraction of sp³-hybridized carbons (Fsp3) is 0.346. The molecular formula is C26H25BrF2N2O3. The molecule has 1 aromatic heterocycles. The lowest BCUT2D eigenvalue weighted by atomic mass is 9.70. The normalized spacial score (nSPS) is 27.4. The van der Waals surface area contributed by atoms with Crippen LogP contribution in [0, 0.1) is 5.92 Å². The molecule has 5 rings (SSSR count). The van der Waals surface area contributed by atoms with E-state index >= 15 is 0 Å². The number of rotatable bonds is 7. The Labute approximate surface area is 205 Å². The van der Waals surface area contributed by atoms with Crippen LogP contribution in [0.3, 0.4) is 0 Å². The van der Waals surface area contributed by atoms with Crippen molar-refractivity contribution >= 4 is 15.9 Å². The number of methoxy groups -OCH3 is 1. The zero-order chi connectivity index (χ0) is 23.9. The number of aromatic nitrogens is 1. The number of hydrogen-bond acceptors (Lipinski definition) is 5. The minimum absolute atomic E-state index is 0.191. The lowest BCUT2D eigenvalue weighted by molar-refractivity contribution is -0.127. The summed E-state index contributed by atoms with van der Waals surface area (Å²) in [5, 5.41) is 15.6. The fourth-order valence-electron chi connectivity index (χ4n) is 5.76. The molecule has 2 N–H and O–H groups in total. The van der Waals surface area contributed by atoms with Gasteiger partial charge >= 0.3 is 0 Å². The highest BCUT2D eigenvalue weighted by Crippen LogP contribution is 2.69. The highest BCUT2D eigenvalue weighted by atomic mass is 79.9. The van der Waals surface area contributed by atoms with Gasteiger partial charge in [0.2, 0.25) is 0 Å². The number of hydrogen-bond donors (Lipinski definition) is 2. The molecule has 2 aromatic carbocycles. The van der Waals surface area contributed by atoms with Crippen molar-refractivity contribution in [3.05, 3.63) is 88.2 Å². The van der Waals surface area contributed by atoms with Gasteiger partial charge in [-0.25, -0.2) is 8.78 Å². The van der Waals surface area contributed by atoms with Crippen LogP contribution in [-0.4, -0.2) is 36.7 Å². The van der Waals surface area contributed by atoms with E-state index in [4.69, 9.17) is 9.47 Å². The molecular weight excluding hydrogens is 506 g/mol. The average Bonchev–Trinajstić information content (AvgIpc) is 3.25. The summed E-state index contributed by atoms with van der Waals surface area (Å²) in [6.07, 6.45) is 1.18. The summed E-state index contributed by atoms with van der Waals surface area (Å²) < 4.78 is 39.2. The van der Waals surface area contributed by atoms with Gasteiger partial charge in [-0.2, -0.15) is 0 Å². The van der Waals surface area contributed by atoms with Crippen LogP contribution in [0.25, 0.3) is 0 Å². The van der Waals surface area contributed by atoms with Crippen LogP contribution >= 0.6 is 15.9 Å². The molecule has 1 aliphatic carbocycles. The van der Waals surface area contributed by atoms with Crippen molar-refractivity contribution in [3.8, 4) is 11.5 Å². The first kappa shape index (κ1) is 23.2. The summed E-state index contributed by atoms with van der Waals surface area (Å²) in [6, 6.07) is 17.6. The van der Waals surface area contributed by atoms with E-state index in [1.165, 1.54) is 7.11 Å². The number of benzene rings is 2. The molecule has 0 bridgehead atoms. The molecule has 0 amide bonds. The Kier molecular flexibility index (Phi) is 6.08. The number of nitrogens with zero attached hydrogens (tertiary/aromatic N) is 1. The minimum atomic E-state index is -2.48. The van der Waals surface area contributed by atoms with Gasteiger partial charge in [0.25, 0.3) is 6.43 Å². The summed E-state index contributed by atoms with van der Waals surface area (Å²) in [7, 11) is 1.52. The van der Waals surface area contributed by atoms with E-state index in [1.807, 2.05) is 54.6 Å². The molecule has 34 heavy (non-hydrogen) atoms. The standard InChI is InChI=1S/C26H25BrF2N2O3/c1-33-21-13-31-14-22-24(21)25(32)18(12-30-15-23(28)29)11-20(16-5-3-2-4-6-16)26(25,34-22)17-7-9-19(27)10-8-17/h2-10,13-14,18,20,23,30,32H,11-12,15H2,1H3. The van der Waals surface area contributed by atoms with E-state index in [-0.39, 0.29) is 12.5 Å². The van der Waals surface area contributed by atoms with Crippen LogP contribution in [-0.2, 0) is 11.2 Å². The molecule has 1 fully saturated rings. The van der Waals surface area contributed by atoms with Gasteiger partial charge in [-0.15, -0.1) is 0 Å². The van der Waals surface area contributed by atoms with Gasteiger partial charge in [0.1, 0.15) is 17.1 Å². The largest absolute Gasteiger partial charge is 0.495 e. The fourth-order valence-corrected chi connectivity index (χ4v) is 6.03. The van der Waals surface area contributed by atoms with Crippen molar-refractivity contribution in [2.24, 2.45) is 5.92 Å². The van der Waals surface area contributed by atoms with Crippen LogP contribution in [0.2, 0.25) is 0 Å². The van der Waals surface area contributed by atoms with Gasteiger partial charge in [-0.3, -0.25) is 4.98 Å². The van der Waals surface area contributed by atoms with Crippen molar-refractivity contribution in [2.45, 2.75) is 30.0 Å². The second kappa shape index (κ2) is 8.91. The number of aliphatic hydroxyl groups is 1. The molecule has 178 valence electrons. The van der Waals surface area contributed by atoms with Crippen molar-refractivity contribution in [2.75, 3.05) is 20.2 Å². The molecule has 2 heterocycles. The van der Waals surface area contributed by atoms with E-state index < -0.39 is 30.1 Å². The second-order valence-electron chi connectivity index (χ2n) is 8.77. The van der Waals surface area contributed by atoms with Gasteiger partial charge in [0.15, 0.2) is 5.60 Å².